The Morgan fingerprint density at radius 1 is 1.10 bits per heavy atom. The summed E-state index contributed by atoms with van der Waals surface area (Å²) >= 11 is 0. The number of ether oxygens (including phenoxy) is 1. The fraction of sp³-hybridized carbons (Fsp3) is 0.435. The monoisotopic (exact) mass is 445 g/mol. The molecule has 1 aliphatic rings. The molecular formula is C23H31N3O4S. The Hall–Kier alpha value is -2.42. The fourth-order valence-electron chi connectivity index (χ4n) is 3.88. The number of likely N-dealkylation sites (tertiary alicyclic amines) is 1. The molecule has 31 heavy (non-hydrogen) atoms. The van der Waals surface area contributed by atoms with Crippen molar-refractivity contribution in [3.8, 4) is 5.75 Å². The third-order valence-electron chi connectivity index (χ3n) is 5.33. The van der Waals surface area contributed by atoms with E-state index in [0.717, 1.165) is 31.5 Å². The summed E-state index contributed by atoms with van der Waals surface area (Å²) in [7, 11) is -2.40. The third kappa shape index (κ3) is 5.84. The zero-order valence-corrected chi connectivity index (χ0v) is 19.1. The minimum Gasteiger partial charge on any atom is -0.495 e. The molecule has 0 saturated carbocycles. The van der Waals surface area contributed by atoms with Crippen molar-refractivity contribution in [3.05, 3.63) is 59.7 Å². The van der Waals surface area contributed by atoms with E-state index in [2.05, 4.69) is 27.1 Å². The number of methoxy groups -OCH3 is 1. The van der Waals surface area contributed by atoms with Gasteiger partial charge in [0.25, 0.3) is 5.91 Å². The average Bonchev–Trinajstić information content (AvgIpc) is 3.27. The predicted octanol–water partition coefficient (Wildman–Crippen LogP) is 2.95. The van der Waals surface area contributed by atoms with Gasteiger partial charge >= 0.3 is 0 Å². The molecule has 2 aromatic rings. The minimum atomic E-state index is -3.81. The van der Waals surface area contributed by atoms with Gasteiger partial charge in [0.15, 0.2) is 0 Å². The van der Waals surface area contributed by atoms with E-state index in [0.29, 0.717) is 6.54 Å². The summed E-state index contributed by atoms with van der Waals surface area (Å²) in [6.07, 6.45) is 2.31. The van der Waals surface area contributed by atoms with Crippen LogP contribution in [0.15, 0.2) is 53.4 Å². The second kappa shape index (κ2) is 10.3. The number of rotatable bonds is 9. The van der Waals surface area contributed by atoms with Gasteiger partial charge in [-0.3, -0.25) is 9.69 Å². The molecule has 3 rings (SSSR count). The van der Waals surface area contributed by atoms with E-state index >= 15 is 0 Å². The highest BCUT2D eigenvalue weighted by Crippen LogP contribution is 2.26. The molecule has 1 saturated heterocycles. The van der Waals surface area contributed by atoms with E-state index in [9.17, 15) is 13.2 Å². The molecule has 1 amide bonds. The Labute approximate surface area is 184 Å². The topological polar surface area (TPSA) is 87.7 Å². The summed E-state index contributed by atoms with van der Waals surface area (Å²) in [4.78, 5) is 15.2. The lowest BCUT2D eigenvalue weighted by Crippen LogP contribution is -2.37. The van der Waals surface area contributed by atoms with E-state index in [1.54, 1.807) is 19.9 Å². The maximum atomic E-state index is 12.9. The van der Waals surface area contributed by atoms with Crippen LogP contribution in [0.1, 0.15) is 48.7 Å². The van der Waals surface area contributed by atoms with Crippen molar-refractivity contribution in [1.29, 1.82) is 0 Å². The van der Waals surface area contributed by atoms with Crippen molar-refractivity contribution in [2.24, 2.45) is 0 Å². The van der Waals surface area contributed by atoms with Crippen LogP contribution in [-0.4, -0.2) is 52.0 Å². The molecule has 8 heteroatoms. The molecule has 168 valence electrons. The van der Waals surface area contributed by atoms with Crippen LogP contribution in [0.2, 0.25) is 0 Å². The molecule has 1 heterocycles. The second-order valence-electron chi connectivity index (χ2n) is 8.02. The zero-order valence-electron chi connectivity index (χ0n) is 18.3. The first kappa shape index (κ1) is 23.2. The maximum Gasteiger partial charge on any atom is 0.251 e. The van der Waals surface area contributed by atoms with Crippen molar-refractivity contribution >= 4 is 15.9 Å². The Morgan fingerprint density at radius 2 is 1.77 bits per heavy atom. The summed E-state index contributed by atoms with van der Waals surface area (Å²) in [5.74, 6) is -0.118. The number of sulfonamides is 1. The molecule has 0 aliphatic carbocycles. The lowest BCUT2D eigenvalue weighted by molar-refractivity contribution is 0.0937. The molecule has 0 radical (unpaired) electrons. The van der Waals surface area contributed by atoms with Gasteiger partial charge in [0.05, 0.1) is 13.2 Å². The van der Waals surface area contributed by atoms with Crippen LogP contribution in [0.25, 0.3) is 0 Å². The number of carbonyl (C=O) groups excluding carboxylic acids is 1. The first-order chi connectivity index (χ1) is 14.8. The molecule has 1 atom stereocenters. The molecule has 2 N–H and O–H groups in total. The molecule has 1 unspecified atom stereocenters. The van der Waals surface area contributed by atoms with Crippen molar-refractivity contribution in [1.82, 2.24) is 14.9 Å². The van der Waals surface area contributed by atoms with Gasteiger partial charge in [-0.25, -0.2) is 13.1 Å². The van der Waals surface area contributed by atoms with Crippen LogP contribution >= 0.6 is 0 Å². The smallest absolute Gasteiger partial charge is 0.251 e. The van der Waals surface area contributed by atoms with Crippen molar-refractivity contribution in [2.45, 2.75) is 43.7 Å². The summed E-state index contributed by atoms with van der Waals surface area (Å²) in [6.45, 7) is 5.93. The molecule has 0 spiro atoms. The fourth-order valence-corrected chi connectivity index (χ4v) is 5.33. The van der Waals surface area contributed by atoms with Crippen LogP contribution in [0.5, 0.6) is 5.75 Å². The molecule has 7 nitrogen and oxygen atoms in total. The molecule has 1 aliphatic heterocycles. The van der Waals surface area contributed by atoms with Gasteiger partial charge in [-0.05, 0) is 63.5 Å². The number of amides is 1. The lowest BCUT2D eigenvalue weighted by atomic mass is 10.1. The number of hydrogen-bond donors (Lipinski definition) is 2. The largest absolute Gasteiger partial charge is 0.495 e. The normalized spacial score (nSPS) is 15.7. The van der Waals surface area contributed by atoms with Gasteiger partial charge in [0, 0.05) is 18.2 Å². The van der Waals surface area contributed by atoms with Crippen LogP contribution in [0.3, 0.4) is 0 Å². The van der Waals surface area contributed by atoms with E-state index in [4.69, 9.17) is 4.74 Å². The maximum absolute atomic E-state index is 12.9. The number of nitrogens with one attached hydrogen (secondary N) is 2. The lowest BCUT2D eigenvalue weighted by Gasteiger charge is -2.28. The molecular weight excluding hydrogens is 414 g/mol. The Bertz CT molecular complexity index is 987. The van der Waals surface area contributed by atoms with E-state index in [-0.39, 0.29) is 34.2 Å². The van der Waals surface area contributed by atoms with Gasteiger partial charge < -0.3 is 10.1 Å². The number of hydrogen-bond acceptors (Lipinski definition) is 5. The van der Waals surface area contributed by atoms with Crippen LogP contribution in [0, 0.1) is 0 Å². The van der Waals surface area contributed by atoms with Gasteiger partial charge in [0.1, 0.15) is 10.6 Å². The number of benzene rings is 2. The molecule has 0 aromatic heterocycles. The molecule has 2 aromatic carbocycles. The highest BCUT2D eigenvalue weighted by molar-refractivity contribution is 7.89. The summed E-state index contributed by atoms with van der Waals surface area (Å²) in [5, 5.41) is 2.99. The van der Waals surface area contributed by atoms with E-state index in [1.165, 1.54) is 19.2 Å². The highest BCUT2D eigenvalue weighted by atomic mass is 32.2. The van der Waals surface area contributed by atoms with Crippen LogP contribution in [0.4, 0.5) is 0 Å². The third-order valence-corrected chi connectivity index (χ3v) is 7.01. The van der Waals surface area contributed by atoms with Gasteiger partial charge in [-0.1, -0.05) is 30.3 Å². The standard InChI is InChI=1S/C23H31N3O4S/c1-17(2)25-31(28,29)22-15-19(11-12-21(22)30-3)23(27)24-16-20(26-13-7-8-14-26)18-9-5-4-6-10-18/h4-6,9-12,15,17,20,25H,7-8,13-14,16H2,1-3H3,(H,24,27). The SMILES string of the molecule is COc1ccc(C(=O)NCC(c2ccccc2)N2CCCC2)cc1S(=O)(=O)NC(C)C. The van der Waals surface area contributed by atoms with Crippen molar-refractivity contribution in [2.75, 3.05) is 26.7 Å². The van der Waals surface area contributed by atoms with E-state index in [1.807, 2.05) is 18.2 Å². The van der Waals surface area contributed by atoms with Crippen molar-refractivity contribution in [3.63, 3.8) is 0 Å². The minimum absolute atomic E-state index is 0.0458. The second-order valence-corrected chi connectivity index (χ2v) is 9.70. The summed E-state index contributed by atoms with van der Waals surface area (Å²) < 4.78 is 33.1. The molecule has 0 bridgehead atoms. The quantitative estimate of drug-likeness (QED) is 0.620. The average molecular weight is 446 g/mol. The summed E-state index contributed by atoms with van der Waals surface area (Å²) in [6, 6.07) is 14.4. The molecule has 1 fully saturated rings. The highest BCUT2D eigenvalue weighted by Gasteiger charge is 2.25. The van der Waals surface area contributed by atoms with Gasteiger partial charge in [0.2, 0.25) is 10.0 Å². The Morgan fingerprint density at radius 3 is 2.39 bits per heavy atom. The van der Waals surface area contributed by atoms with Gasteiger partial charge in [-0.15, -0.1) is 0 Å². The number of nitrogens with zero attached hydrogens (tertiary/aromatic N) is 1. The predicted molar refractivity (Wildman–Crippen MR) is 121 cm³/mol. The Kier molecular flexibility index (Phi) is 7.69. The van der Waals surface area contributed by atoms with Crippen LogP contribution in [-0.2, 0) is 10.0 Å². The first-order valence-corrected chi connectivity index (χ1v) is 12.1. The number of carbonyl (C=O) groups is 1. The zero-order chi connectivity index (χ0) is 22.4. The van der Waals surface area contributed by atoms with Crippen LogP contribution < -0.4 is 14.8 Å². The Balaban J connectivity index is 1.80. The van der Waals surface area contributed by atoms with Gasteiger partial charge in [-0.2, -0.15) is 0 Å². The first-order valence-electron chi connectivity index (χ1n) is 10.6. The summed E-state index contributed by atoms with van der Waals surface area (Å²) in [5.41, 5.74) is 1.43. The van der Waals surface area contributed by atoms with E-state index < -0.39 is 10.0 Å². The van der Waals surface area contributed by atoms with Crippen molar-refractivity contribution < 1.29 is 17.9 Å².